The van der Waals surface area contributed by atoms with Gasteiger partial charge in [0.1, 0.15) is 0 Å². The lowest BCUT2D eigenvalue weighted by Crippen LogP contribution is -2.29. The fourth-order valence-electron chi connectivity index (χ4n) is 1.37. The third-order valence-electron chi connectivity index (χ3n) is 2.40. The smallest absolute Gasteiger partial charge is 0.481 e. The number of amides is 1. The van der Waals surface area contributed by atoms with Crippen molar-refractivity contribution < 1.29 is 24.4 Å². The molecular formula is C11H14BNO5. The molecule has 1 aliphatic rings. The molecule has 1 amide bonds. The van der Waals surface area contributed by atoms with Crippen LogP contribution in [0.25, 0.3) is 0 Å². The van der Waals surface area contributed by atoms with E-state index < -0.39 is 19.0 Å². The highest BCUT2D eigenvalue weighted by atomic mass is 16.5. The zero-order valence-electron chi connectivity index (χ0n) is 9.92. The van der Waals surface area contributed by atoms with E-state index in [1.165, 1.54) is 0 Å². The van der Waals surface area contributed by atoms with Crippen molar-refractivity contribution in [3.05, 3.63) is 29.3 Å². The van der Waals surface area contributed by atoms with Gasteiger partial charge in [-0.05, 0) is 23.2 Å². The van der Waals surface area contributed by atoms with E-state index in [2.05, 4.69) is 0 Å². The van der Waals surface area contributed by atoms with Gasteiger partial charge in [0.05, 0.1) is 6.61 Å². The summed E-state index contributed by atoms with van der Waals surface area (Å²) < 4.78 is 4.96. The molecule has 1 heterocycles. The fraction of sp³-hybridized carbons (Fsp3) is 0.273. The van der Waals surface area contributed by atoms with Gasteiger partial charge in [-0.25, -0.2) is 0 Å². The van der Waals surface area contributed by atoms with Crippen molar-refractivity contribution in [1.82, 2.24) is 0 Å². The molecule has 1 aromatic carbocycles. The largest absolute Gasteiger partial charge is 0.491 e. The number of carbonyl (C=O) groups is 2. The van der Waals surface area contributed by atoms with E-state index in [-0.39, 0.29) is 6.42 Å². The molecule has 7 heteroatoms. The molecule has 6 nitrogen and oxygen atoms in total. The van der Waals surface area contributed by atoms with Crippen molar-refractivity contribution >= 4 is 24.5 Å². The summed E-state index contributed by atoms with van der Waals surface area (Å²) in [6.07, 6.45) is 0.222. The highest BCUT2D eigenvalue weighted by Crippen LogP contribution is 2.10. The first kappa shape index (κ1) is 14.2. The van der Waals surface area contributed by atoms with Crippen LogP contribution in [0.5, 0.6) is 0 Å². The standard InChI is InChI=1S/C8H8BNO3.C3H6O2/c10-8(11)5-1-2-6-4-13-9(12)7(6)3-5;1-2-3(4)5/h1-3,12H,4H2,(H2,10,11);2H2,1H3,(H,4,5). The Kier molecular flexibility index (Phi) is 4.88. The van der Waals surface area contributed by atoms with E-state index in [1.54, 1.807) is 25.1 Å². The predicted molar refractivity (Wildman–Crippen MR) is 65.3 cm³/mol. The Labute approximate surface area is 105 Å². The number of hydrogen-bond acceptors (Lipinski definition) is 4. The summed E-state index contributed by atoms with van der Waals surface area (Å²) in [5.41, 5.74) is 7.02. The first-order chi connectivity index (χ1) is 8.45. The fourth-order valence-corrected chi connectivity index (χ4v) is 1.37. The zero-order valence-corrected chi connectivity index (χ0v) is 9.92. The van der Waals surface area contributed by atoms with E-state index in [0.717, 1.165) is 5.56 Å². The minimum absolute atomic E-state index is 0.222. The highest BCUT2D eigenvalue weighted by Gasteiger charge is 2.27. The zero-order chi connectivity index (χ0) is 13.7. The van der Waals surface area contributed by atoms with E-state index in [4.69, 9.17) is 15.5 Å². The summed E-state index contributed by atoms with van der Waals surface area (Å²) in [6.45, 7) is 1.98. The number of primary amides is 1. The maximum atomic E-state index is 10.8. The number of benzene rings is 1. The number of fused-ring (bicyclic) bond motifs is 1. The van der Waals surface area contributed by atoms with Gasteiger partial charge in [-0.3, -0.25) is 9.59 Å². The Bertz CT molecular complexity index is 463. The Morgan fingerprint density at radius 2 is 2.11 bits per heavy atom. The molecule has 0 radical (unpaired) electrons. The molecule has 0 saturated heterocycles. The van der Waals surface area contributed by atoms with Crippen molar-refractivity contribution in [2.75, 3.05) is 0 Å². The Hall–Kier alpha value is -1.86. The minimum Gasteiger partial charge on any atom is -0.481 e. The Morgan fingerprint density at radius 1 is 1.50 bits per heavy atom. The molecule has 0 saturated carbocycles. The molecule has 0 fully saturated rings. The summed E-state index contributed by atoms with van der Waals surface area (Å²) in [6, 6.07) is 4.93. The normalized spacial score (nSPS) is 12.4. The highest BCUT2D eigenvalue weighted by molar-refractivity contribution is 6.61. The number of nitrogens with two attached hydrogens (primary N) is 1. The first-order valence-corrected chi connectivity index (χ1v) is 5.39. The topological polar surface area (TPSA) is 110 Å². The van der Waals surface area contributed by atoms with Crippen molar-refractivity contribution in [1.29, 1.82) is 0 Å². The Morgan fingerprint density at radius 3 is 2.61 bits per heavy atom. The average molecular weight is 251 g/mol. The van der Waals surface area contributed by atoms with Crippen LogP contribution >= 0.6 is 0 Å². The number of carbonyl (C=O) groups excluding carboxylic acids is 1. The van der Waals surface area contributed by atoms with Crippen LogP contribution in [0.2, 0.25) is 0 Å². The molecule has 18 heavy (non-hydrogen) atoms. The molecule has 0 unspecified atom stereocenters. The molecule has 1 aliphatic heterocycles. The van der Waals surface area contributed by atoms with Crippen molar-refractivity contribution in [2.45, 2.75) is 20.0 Å². The summed E-state index contributed by atoms with van der Waals surface area (Å²) in [7, 11) is -0.922. The molecule has 0 aliphatic carbocycles. The van der Waals surface area contributed by atoms with Crippen molar-refractivity contribution in [3.63, 3.8) is 0 Å². The van der Waals surface area contributed by atoms with Gasteiger partial charge in [0, 0.05) is 12.0 Å². The molecule has 4 N–H and O–H groups in total. The van der Waals surface area contributed by atoms with Crippen LogP contribution in [0, 0.1) is 0 Å². The van der Waals surface area contributed by atoms with Crippen LogP contribution in [0.3, 0.4) is 0 Å². The van der Waals surface area contributed by atoms with Crippen molar-refractivity contribution in [3.8, 4) is 0 Å². The van der Waals surface area contributed by atoms with Gasteiger partial charge in [-0.15, -0.1) is 0 Å². The maximum absolute atomic E-state index is 10.8. The minimum atomic E-state index is -0.922. The molecule has 1 aromatic rings. The second-order valence-corrected chi connectivity index (χ2v) is 3.69. The SMILES string of the molecule is CCC(=O)O.NC(=O)c1ccc2c(c1)B(O)OC2. The average Bonchev–Trinajstić information content (AvgIpc) is 2.71. The molecule has 0 atom stereocenters. The molecule has 0 bridgehead atoms. The van der Waals surface area contributed by atoms with E-state index in [9.17, 15) is 14.6 Å². The molecule has 0 aromatic heterocycles. The number of aliphatic carboxylic acids is 1. The second kappa shape index (κ2) is 6.18. The lowest BCUT2D eigenvalue weighted by atomic mass is 9.79. The van der Waals surface area contributed by atoms with E-state index >= 15 is 0 Å². The number of hydrogen-bond donors (Lipinski definition) is 3. The van der Waals surface area contributed by atoms with Crippen LogP contribution in [-0.4, -0.2) is 29.1 Å². The number of carboxylic acids is 1. The first-order valence-electron chi connectivity index (χ1n) is 5.39. The van der Waals surface area contributed by atoms with E-state index in [1.807, 2.05) is 0 Å². The van der Waals surface area contributed by atoms with Crippen molar-refractivity contribution in [2.24, 2.45) is 5.73 Å². The lowest BCUT2D eigenvalue weighted by molar-refractivity contribution is -0.136. The lowest BCUT2D eigenvalue weighted by Gasteiger charge is -1.99. The van der Waals surface area contributed by atoms with Gasteiger partial charge in [0.2, 0.25) is 5.91 Å². The van der Waals surface area contributed by atoms with Crippen LogP contribution in [-0.2, 0) is 16.1 Å². The molecule has 0 spiro atoms. The second-order valence-electron chi connectivity index (χ2n) is 3.69. The van der Waals surface area contributed by atoms with Gasteiger partial charge in [-0.1, -0.05) is 13.0 Å². The summed E-state index contributed by atoms with van der Waals surface area (Å²) in [5.74, 6) is -1.24. The van der Waals surface area contributed by atoms with Gasteiger partial charge < -0.3 is 20.5 Å². The molecule has 2 rings (SSSR count). The third kappa shape index (κ3) is 3.58. The van der Waals surface area contributed by atoms with Crippen LogP contribution in [0.4, 0.5) is 0 Å². The maximum Gasteiger partial charge on any atom is 0.491 e. The van der Waals surface area contributed by atoms with Crippen LogP contribution < -0.4 is 11.2 Å². The molecule has 96 valence electrons. The molecular weight excluding hydrogens is 237 g/mol. The monoisotopic (exact) mass is 251 g/mol. The van der Waals surface area contributed by atoms with E-state index in [0.29, 0.717) is 17.6 Å². The Balaban J connectivity index is 0.000000280. The van der Waals surface area contributed by atoms with Gasteiger partial charge in [0.25, 0.3) is 0 Å². The van der Waals surface area contributed by atoms with Gasteiger partial charge in [0.15, 0.2) is 0 Å². The predicted octanol–water partition coefficient (Wildman–Crippen LogP) is -0.516. The number of rotatable bonds is 2. The van der Waals surface area contributed by atoms with Gasteiger partial charge in [-0.2, -0.15) is 0 Å². The summed E-state index contributed by atoms with van der Waals surface area (Å²) in [5, 5.41) is 17.0. The van der Waals surface area contributed by atoms with Crippen LogP contribution in [0.1, 0.15) is 29.3 Å². The third-order valence-corrected chi connectivity index (χ3v) is 2.40. The quantitative estimate of drug-likeness (QED) is 0.613. The summed E-state index contributed by atoms with van der Waals surface area (Å²) >= 11 is 0. The summed E-state index contributed by atoms with van der Waals surface area (Å²) in [4.78, 5) is 20.2. The number of carboxylic acid groups (broad SMARTS) is 1. The van der Waals surface area contributed by atoms with Gasteiger partial charge >= 0.3 is 13.1 Å². The van der Waals surface area contributed by atoms with Crippen LogP contribution in [0.15, 0.2) is 18.2 Å².